The van der Waals surface area contributed by atoms with E-state index >= 15 is 0 Å². The fraction of sp³-hybridized carbons (Fsp3) is 0.350. The number of carbonyl (C=O) groups is 4. The van der Waals surface area contributed by atoms with Gasteiger partial charge >= 0.3 is 23.9 Å². The summed E-state index contributed by atoms with van der Waals surface area (Å²) in [6.07, 6.45) is 0.907. The Balaban J connectivity index is 0.000000330. The highest BCUT2D eigenvalue weighted by Gasteiger charge is 2.40. The van der Waals surface area contributed by atoms with Gasteiger partial charge in [0.1, 0.15) is 5.69 Å². The normalized spacial score (nSPS) is 11.6. The molecule has 0 bridgehead atoms. The van der Waals surface area contributed by atoms with Crippen LogP contribution in [0.15, 0.2) is 42.9 Å². The van der Waals surface area contributed by atoms with Gasteiger partial charge in [-0.25, -0.2) is 14.6 Å². The first kappa shape index (κ1) is 25.3. The van der Waals surface area contributed by atoms with Crippen LogP contribution in [-0.2, 0) is 19.1 Å². The number of imidazole rings is 1. The number of nitrogens with zero attached hydrogens (tertiary/aromatic N) is 2. The molecule has 2 aromatic rings. The summed E-state index contributed by atoms with van der Waals surface area (Å²) in [4.78, 5) is 46.3. The minimum absolute atomic E-state index is 0.0492. The van der Waals surface area contributed by atoms with Gasteiger partial charge in [0.25, 0.3) is 0 Å². The summed E-state index contributed by atoms with van der Waals surface area (Å²) in [5.41, 5.74) is -1.13. The van der Waals surface area contributed by atoms with Crippen LogP contribution >= 0.6 is 0 Å². The summed E-state index contributed by atoms with van der Waals surface area (Å²) in [5, 5.41) is 33.8. The van der Waals surface area contributed by atoms with E-state index in [2.05, 4.69) is 4.98 Å². The van der Waals surface area contributed by atoms with Gasteiger partial charge in [0.15, 0.2) is 5.60 Å². The Morgan fingerprint density at radius 1 is 1.06 bits per heavy atom. The molecule has 0 amide bonds. The quantitative estimate of drug-likeness (QED) is 0.420. The van der Waals surface area contributed by atoms with Gasteiger partial charge in [0.2, 0.25) is 0 Å². The fourth-order valence-electron chi connectivity index (χ4n) is 2.58. The Kier molecular flexibility index (Phi) is 9.35. The Morgan fingerprint density at radius 3 is 2.06 bits per heavy atom. The fourth-order valence-corrected chi connectivity index (χ4v) is 2.58. The predicted molar refractivity (Wildman–Crippen MR) is 106 cm³/mol. The molecule has 1 atom stereocenters. The van der Waals surface area contributed by atoms with Crippen LogP contribution in [0.5, 0.6) is 0 Å². The summed E-state index contributed by atoms with van der Waals surface area (Å²) in [6, 6.07) is 10.0. The molecule has 11 nitrogen and oxygen atoms in total. The van der Waals surface area contributed by atoms with Crippen molar-refractivity contribution in [2.75, 3.05) is 6.61 Å². The number of hydrogen-bond donors (Lipinski definition) is 4. The molecule has 0 aliphatic carbocycles. The molecule has 4 N–H and O–H groups in total. The number of carboxylic acids is 3. The molecule has 31 heavy (non-hydrogen) atoms. The smallest absolute Gasteiger partial charge is 0.356 e. The van der Waals surface area contributed by atoms with E-state index in [1.807, 2.05) is 41.8 Å². The molecule has 1 aromatic carbocycles. The van der Waals surface area contributed by atoms with Crippen LogP contribution in [0.3, 0.4) is 0 Å². The number of aliphatic hydroxyl groups is 1. The average Bonchev–Trinajstić information content (AvgIpc) is 3.17. The van der Waals surface area contributed by atoms with Crippen molar-refractivity contribution in [3.05, 3.63) is 54.1 Å². The Hall–Kier alpha value is -3.73. The number of benzene rings is 1. The van der Waals surface area contributed by atoms with Crippen molar-refractivity contribution in [3.8, 4) is 0 Å². The summed E-state index contributed by atoms with van der Waals surface area (Å²) in [6.45, 7) is 4.18. The maximum absolute atomic E-state index is 11.8. The van der Waals surface area contributed by atoms with Crippen molar-refractivity contribution in [3.63, 3.8) is 0 Å². The van der Waals surface area contributed by atoms with Gasteiger partial charge in [0.05, 0.1) is 38.0 Å². The number of esters is 1. The van der Waals surface area contributed by atoms with E-state index < -0.39 is 36.4 Å². The van der Waals surface area contributed by atoms with Crippen molar-refractivity contribution >= 4 is 23.9 Å². The largest absolute Gasteiger partial charge is 0.481 e. The SMILES string of the molecule is CCOC(=O)c1cncn1C(C)c1ccccc1.O=C(O)CC(O)(CC(=O)O)C(=O)O. The second kappa shape index (κ2) is 11.5. The van der Waals surface area contributed by atoms with E-state index in [-0.39, 0.29) is 12.0 Å². The second-order valence-electron chi connectivity index (χ2n) is 6.47. The highest BCUT2D eigenvalue weighted by molar-refractivity contribution is 5.88. The number of rotatable bonds is 9. The van der Waals surface area contributed by atoms with Gasteiger partial charge in [-0.2, -0.15) is 0 Å². The van der Waals surface area contributed by atoms with Crippen molar-refractivity contribution < 1.29 is 44.3 Å². The maximum atomic E-state index is 11.8. The van der Waals surface area contributed by atoms with Gasteiger partial charge in [-0.1, -0.05) is 30.3 Å². The first-order valence-electron chi connectivity index (χ1n) is 9.15. The summed E-state index contributed by atoms with van der Waals surface area (Å²) in [7, 11) is 0. The predicted octanol–water partition coefficient (Wildman–Crippen LogP) is 1.42. The molecule has 2 rings (SSSR count). The molecule has 0 spiro atoms. The highest BCUT2D eigenvalue weighted by Crippen LogP contribution is 2.19. The lowest BCUT2D eigenvalue weighted by Crippen LogP contribution is -2.42. The minimum Gasteiger partial charge on any atom is -0.481 e. The molecule has 168 valence electrons. The van der Waals surface area contributed by atoms with Crippen LogP contribution < -0.4 is 0 Å². The van der Waals surface area contributed by atoms with Crippen LogP contribution in [0.25, 0.3) is 0 Å². The molecule has 0 aliphatic heterocycles. The number of aliphatic carboxylic acids is 3. The molecule has 11 heteroatoms. The van der Waals surface area contributed by atoms with Crippen LogP contribution in [0.1, 0.15) is 48.8 Å². The number of aromatic nitrogens is 2. The van der Waals surface area contributed by atoms with E-state index in [0.29, 0.717) is 12.3 Å². The Morgan fingerprint density at radius 2 is 1.61 bits per heavy atom. The maximum Gasteiger partial charge on any atom is 0.356 e. The van der Waals surface area contributed by atoms with Crippen LogP contribution in [0.2, 0.25) is 0 Å². The van der Waals surface area contributed by atoms with E-state index in [9.17, 15) is 19.2 Å². The zero-order chi connectivity index (χ0) is 23.6. The average molecular weight is 436 g/mol. The summed E-state index contributed by atoms with van der Waals surface area (Å²) in [5.74, 6) is -5.35. The van der Waals surface area contributed by atoms with Crippen molar-refractivity contribution in [1.82, 2.24) is 9.55 Å². The van der Waals surface area contributed by atoms with E-state index in [1.54, 1.807) is 13.3 Å². The molecule has 1 aromatic heterocycles. The molecule has 0 saturated heterocycles. The highest BCUT2D eigenvalue weighted by atomic mass is 16.5. The van der Waals surface area contributed by atoms with Gasteiger partial charge in [-0.3, -0.25) is 9.59 Å². The lowest BCUT2D eigenvalue weighted by atomic mass is 9.96. The van der Waals surface area contributed by atoms with Crippen LogP contribution in [-0.4, -0.2) is 66.1 Å². The third kappa shape index (κ3) is 7.55. The lowest BCUT2D eigenvalue weighted by Gasteiger charge is -2.18. The van der Waals surface area contributed by atoms with Crippen LogP contribution in [0.4, 0.5) is 0 Å². The first-order valence-corrected chi connectivity index (χ1v) is 9.15. The first-order chi connectivity index (χ1) is 14.5. The zero-order valence-corrected chi connectivity index (χ0v) is 17.0. The Labute approximate surface area is 177 Å². The standard InChI is InChI=1S/C14H16N2O2.C6H8O7/c1-3-18-14(17)13-9-15-10-16(13)11(2)12-7-5-4-6-8-12;7-3(8)1-6(13,5(11)12)2-4(9)10/h4-11H,3H2,1-2H3;13H,1-2H2,(H,7,8)(H,9,10)(H,11,12). The Bertz CT molecular complexity index is 892. The van der Waals surface area contributed by atoms with Crippen molar-refractivity contribution in [1.29, 1.82) is 0 Å². The summed E-state index contributed by atoms with van der Waals surface area (Å²) < 4.78 is 6.84. The number of ether oxygens (including phenoxy) is 1. The molecule has 0 fully saturated rings. The van der Waals surface area contributed by atoms with E-state index in [4.69, 9.17) is 25.2 Å². The van der Waals surface area contributed by atoms with Gasteiger partial charge in [0, 0.05) is 0 Å². The lowest BCUT2D eigenvalue weighted by molar-refractivity contribution is -0.170. The molecular formula is C20H24N2O9. The van der Waals surface area contributed by atoms with Crippen molar-refractivity contribution in [2.24, 2.45) is 0 Å². The molecular weight excluding hydrogens is 412 g/mol. The van der Waals surface area contributed by atoms with Gasteiger partial charge in [-0.15, -0.1) is 0 Å². The molecule has 1 unspecified atom stereocenters. The monoisotopic (exact) mass is 436 g/mol. The third-order valence-electron chi connectivity index (χ3n) is 4.14. The minimum atomic E-state index is -2.74. The van der Waals surface area contributed by atoms with Crippen LogP contribution in [0, 0.1) is 0 Å². The van der Waals surface area contributed by atoms with Gasteiger partial charge < -0.3 is 29.7 Å². The van der Waals surface area contributed by atoms with E-state index in [0.717, 1.165) is 5.56 Å². The molecule has 0 saturated carbocycles. The second-order valence-corrected chi connectivity index (χ2v) is 6.47. The molecule has 1 heterocycles. The zero-order valence-electron chi connectivity index (χ0n) is 17.0. The van der Waals surface area contributed by atoms with Crippen molar-refractivity contribution in [2.45, 2.75) is 38.3 Å². The number of carbonyl (C=O) groups excluding carboxylic acids is 1. The molecule has 0 aliphatic rings. The third-order valence-corrected chi connectivity index (χ3v) is 4.14. The number of hydrogen-bond acceptors (Lipinski definition) is 7. The molecule has 0 radical (unpaired) electrons. The number of carboxylic acid groups (broad SMARTS) is 3. The van der Waals surface area contributed by atoms with E-state index in [1.165, 1.54) is 6.20 Å². The van der Waals surface area contributed by atoms with Gasteiger partial charge in [-0.05, 0) is 19.4 Å². The topological polar surface area (TPSA) is 176 Å². The summed E-state index contributed by atoms with van der Waals surface area (Å²) >= 11 is 0.